The number of nitrogens with zero attached hydrogens (tertiary/aromatic N) is 3. The van der Waals surface area contributed by atoms with Gasteiger partial charge >= 0.3 is 0 Å². The Morgan fingerprint density at radius 2 is 1.96 bits per heavy atom. The molecule has 0 aliphatic carbocycles. The molecule has 130 valence electrons. The summed E-state index contributed by atoms with van der Waals surface area (Å²) in [6, 6.07) is 7.94. The lowest BCUT2D eigenvalue weighted by molar-refractivity contribution is -0.134. The van der Waals surface area contributed by atoms with Crippen LogP contribution in [0.3, 0.4) is 0 Å². The minimum Gasteiger partial charge on any atom is -0.333 e. The fourth-order valence-corrected chi connectivity index (χ4v) is 2.82. The van der Waals surface area contributed by atoms with E-state index in [0.29, 0.717) is 25.4 Å². The fraction of sp³-hybridized carbons (Fsp3) is 0.474. The first-order valence-corrected chi connectivity index (χ1v) is 8.79. The van der Waals surface area contributed by atoms with E-state index in [0.717, 1.165) is 16.4 Å². The Hall–Kier alpha value is -1.81. The van der Waals surface area contributed by atoms with Crippen molar-refractivity contribution in [2.24, 2.45) is 5.92 Å². The highest BCUT2D eigenvalue weighted by atomic mass is 35.5. The third-order valence-electron chi connectivity index (χ3n) is 3.94. The van der Waals surface area contributed by atoms with E-state index in [1.807, 2.05) is 49.2 Å². The zero-order valence-electron chi connectivity index (χ0n) is 14.9. The first kappa shape index (κ1) is 18.5. The van der Waals surface area contributed by atoms with Crippen molar-refractivity contribution in [2.45, 2.75) is 53.2 Å². The van der Waals surface area contributed by atoms with E-state index in [9.17, 15) is 4.79 Å². The first-order valence-electron chi connectivity index (χ1n) is 8.41. The minimum absolute atomic E-state index is 0.140. The first-order chi connectivity index (χ1) is 11.4. The van der Waals surface area contributed by atoms with Gasteiger partial charge in [0.05, 0.1) is 13.1 Å². The molecule has 0 aliphatic heterocycles. The van der Waals surface area contributed by atoms with Gasteiger partial charge in [-0.3, -0.25) is 4.79 Å². The van der Waals surface area contributed by atoms with Gasteiger partial charge in [-0.15, -0.1) is 0 Å². The van der Waals surface area contributed by atoms with Crippen LogP contribution in [0.2, 0.25) is 5.02 Å². The molecule has 0 bridgehead atoms. The summed E-state index contributed by atoms with van der Waals surface area (Å²) in [7, 11) is 0. The van der Waals surface area contributed by atoms with Crippen molar-refractivity contribution in [1.82, 2.24) is 14.5 Å². The summed E-state index contributed by atoms with van der Waals surface area (Å²) in [5, 5.41) is 0.744. The summed E-state index contributed by atoms with van der Waals surface area (Å²) in [5.41, 5.74) is 1.04. The number of imidazole rings is 1. The molecule has 5 heteroatoms. The Labute approximate surface area is 149 Å². The van der Waals surface area contributed by atoms with Gasteiger partial charge in [0.2, 0.25) is 5.91 Å². The molecule has 0 fully saturated rings. The van der Waals surface area contributed by atoms with E-state index in [1.165, 1.54) is 0 Å². The van der Waals surface area contributed by atoms with Crippen molar-refractivity contribution >= 4 is 17.5 Å². The molecule has 2 rings (SSSR count). The molecule has 1 heterocycles. The van der Waals surface area contributed by atoms with Crippen LogP contribution in [0.1, 0.15) is 45.5 Å². The third-order valence-corrected chi connectivity index (χ3v) is 4.31. The number of hydrogen-bond donors (Lipinski definition) is 0. The summed E-state index contributed by atoms with van der Waals surface area (Å²) in [6.07, 6.45) is 4.27. The van der Waals surface area contributed by atoms with Crippen LogP contribution in [0.5, 0.6) is 0 Å². The van der Waals surface area contributed by atoms with E-state index >= 15 is 0 Å². The highest BCUT2D eigenvalue weighted by Gasteiger charge is 2.20. The van der Waals surface area contributed by atoms with Gasteiger partial charge in [-0.1, -0.05) is 43.6 Å². The number of benzene rings is 1. The van der Waals surface area contributed by atoms with Crippen LogP contribution in [-0.2, 0) is 17.9 Å². The standard InChI is InChI=1S/C19H26ClN3O/c1-14(2)11-19(24)23(15(3)4)13-18-21-9-10-22(18)12-16-7-5-6-8-17(16)20/h5-10,14-15H,11-13H2,1-4H3. The zero-order valence-corrected chi connectivity index (χ0v) is 15.6. The average Bonchev–Trinajstić information content (AvgIpc) is 2.93. The normalized spacial score (nSPS) is 11.3. The molecule has 0 atom stereocenters. The molecule has 0 saturated heterocycles. The summed E-state index contributed by atoms with van der Waals surface area (Å²) < 4.78 is 2.05. The number of hydrogen-bond acceptors (Lipinski definition) is 2. The van der Waals surface area contributed by atoms with Gasteiger partial charge in [0, 0.05) is 29.9 Å². The van der Waals surface area contributed by atoms with Crippen molar-refractivity contribution in [3.8, 4) is 0 Å². The van der Waals surface area contributed by atoms with Gasteiger partial charge in [0.1, 0.15) is 5.82 Å². The van der Waals surface area contributed by atoms with Crippen LogP contribution < -0.4 is 0 Å². The van der Waals surface area contributed by atoms with E-state index in [-0.39, 0.29) is 11.9 Å². The maximum absolute atomic E-state index is 12.5. The second-order valence-corrected chi connectivity index (χ2v) is 7.18. The maximum atomic E-state index is 12.5. The van der Waals surface area contributed by atoms with E-state index < -0.39 is 0 Å². The van der Waals surface area contributed by atoms with E-state index in [4.69, 9.17) is 11.6 Å². The highest BCUT2D eigenvalue weighted by molar-refractivity contribution is 6.31. The Bertz CT molecular complexity index is 679. The second kappa shape index (κ2) is 8.34. The molecule has 0 saturated carbocycles. The van der Waals surface area contributed by atoms with Crippen molar-refractivity contribution in [2.75, 3.05) is 0 Å². The molecular formula is C19H26ClN3O. The van der Waals surface area contributed by atoms with Gasteiger partial charge in [0.25, 0.3) is 0 Å². The number of carbonyl (C=O) groups excluding carboxylic acids is 1. The van der Waals surface area contributed by atoms with E-state index in [1.54, 1.807) is 6.20 Å². The molecule has 0 radical (unpaired) electrons. The minimum atomic E-state index is 0.140. The lowest BCUT2D eigenvalue weighted by Gasteiger charge is -2.27. The number of carbonyl (C=O) groups is 1. The number of aromatic nitrogens is 2. The van der Waals surface area contributed by atoms with Gasteiger partial charge in [-0.25, -0.2) is 4.98 Å². The molecule has 1 aromatic carbocycles. The molecule has 1 amide bonds. The summed E-state index contributed by atoms with van der Waals surface area (Å²) in [6.45, 7) is 9.38. The zero-order chi connectivity index (χ0) is 17.7. The van der Waals surface area contributed by atoms with Gasteiger partial charge in [0.15, 0.2) is 0 Å². The second-order valence-electron chi connectivity index (χ2n) is 6.78. The van der Waals surface area contributed by atoms with E-state index in [2.05, 4.69) is 23.4 Å². The molecule has 1 aromatic heterocycles. The molecule has 0 aliphatic rings. The summed E-state index contributed by atoms with van der Waals surface area (Å²) >= 11 is 6.26. The predicted octanol–water partition coefficient (Wildman–Crippen LogP) is 4.37. The van der Waals surface area contributed by atoms with Crippen molar-refractivity contribution < 1.29 is 4.79 Å². The largest absolute Gasteiger partial charge is 0.333 e. The quantitative estimate of drug-likeness (QED) is 0.746. The smallest absolute Gasteiger partial charge is 0.223 e. The fourth-order valence-electron chi connectivity index (χ4n) is 2.62. The van der Waals surface area contributed by atoms with Crippen LogP contribution in [0.25, 0.3) is 0 Å². The van der Waals surface area contributed by atoms with Crippen LogP contribution in [-0.4, -0.2) is 26.4 Å². The molecule has 4 nitrogen and oxygen atoms in total. The Balaban J connectivity index is 2.16. The molecule has 0 unspecified atom stereocenters. The number of rotatable bonds is 7. The van der Waals surface area contributed by atoms with Crippen LogP contribution in [0.4, 0.5) is 0 Å². The summed E-state index contributed by atoms with van der Waals surface area (Å²) in [4.78, 5) is 18.9. The van der Waals surface area contributed by atoms with Gasteiger partial charge in [-0.2, -0.15) is 0 Å². The molecule has 0 N–H and O–H groups in total. The van der Waals surface area contributed by atoms with Crippen LogP contribution in [0, 0.1) is 5.92 Å². The summed E-state index contributed by atoms with van der Waals surface area (Å²) in [5.74, 6) is 1.40. The van der Waals surface area contributed by atoms with Crippen LogP contribution in [0.15, 0.2) is 36.7 Å². The highest BCUT2D eigenvalue weighted by Crippen LogP contribution is 2.18. The Kier molecular flexibility index (Phi) is 6.44. The van der Waals surface area contributed by atoms with Gasteiger partial charge in [-0.05, 0) is 31.4 Å². The monoisotopic (exact) mass is 347 g/mol. The van der Waals surface area contributed by atoms with Crippen molar-refractivity contribution in [3.05, 3.63) is 53.1 Å². The lowest BCUT2D eigenvalue weighted by atomic mass is 10.1. The van der Waals surface area contributed by atoms with Crippen LogP contribution >= 0.6 is 11.6 Å². The average molecular weight is 348 g/mol. The lowest BCUT2D eigenvalue weighted by Crippen LogP contribution is -2.37. The third kappa shape index (κ3) is 4.84. The van der Waals surface area contributed by atoms with Crippen molar-refractivity contribution in [1.29, 1.82) is 0 Å². The van der Waals surface area contributed by atoms with Crippen molar-refractivity contribution in [3.63, 3.8) is 0 Å². The molecular weight excluding hydrogens is 322 g/mol. The number of amides is 1. The topological polar surface area (TPSA) is 38.1 Å². The predicted molar refractivity (Wildman–Crippen MR) is 97.9 cm³/mol. The molecule has 0 spiro atoms. The number of halogens is 1. The molecule has 24 heavy (non-hydrogen) atoms. The molecule has 2 aromatic rings. The SMILES string of the molecule is CC(C)CC(=O)N(Cc1nccn1Cc1ccccc1Cl)C(C)C. The Morgan fingerprint density at radius 3 is 2.58 bits per heavy atom. The van der Waals surface area contributed by atoms with Gasteiger partial charge < -0.3 is 9.47 Å². The maximum Gasteiger partial charge on any atom is 0.223 e. The Morgan fingerprint density at radius 1 is 1.25 bits per heavy atom.